The van der Waals surface area contributed by atoms with Gasteiger partial charge in [-0.25, -0.2) is 4.39 Å². The zero-order valence-corrected chi connectivity index (χ0v) is 11.0. The molecule has 104 valence electrons. The first-order valence-corrected chi connectivity index (χ1v) is 6.50. The maximum atomic E-state index is 13.0. The van der Waals surface area contributed by atoms with E-state index in [1.165, 1.54) is 12.1 Å². The molecule has 2 rings (SSSR count). The maximum absolute atomic E-state index is 13.0. The third-order valence-corrected chi connectivity index (χ3v) is 3.47. The number of benzene rings is 1. The molecule has 5 heteroatoms. The van der Waals surface area contributed by atoms with E-state index in [-0.39, 0.29) is 30.3 Å². The van der Waals surface area contributed by atoms with Crippen molar-refractivity contribution in [2.24, 2.45) is 5.92 Å². The fourth-order valence-electron chi connectivity index (χ4n) is 2.37. The summed E-state index contributed by atoms with van der Waals surface area (Å²) in [6.07, 6.45) is 0.571. The molecule has 1 amide bonds. The topological polar surface area (TPSA) is 52.6 Å². The molecule has 0 spiro atoms. The Hall–Kier alpha value is -1.46. The average Bonchev–Trinajstić information content (AvgIpc) is 2.77. The quantitative estimate of drug-likeness (QED) is 0.867. The van der Waals surface area contributed by atoms with Gasteiger partial charge in [0.1, 0.15) is 5.82 Å². The molecule has 0 radical (unpaired) electrons. The Morgan fingerprint density at radius 3 is 3.05 bits per heavy atom. The zero-order valence-electron chi connectivity index (χ0n) is 11.0. The van der Waals surface area contributed by atoms with Crippen molar-refractivity contribution in [2.45, 2.75) is 19.4 Å². The van der Waals surface area contributed by atoms with Gasteiger partial charge in [0.25, 0.3) is 0 Å². The molecule has 1 saturated heterocycles. The highest BCUT2D eigenvalue weighted by atomic mass is 19.1. The van der Waals surface area contributed by atoms with Crippen LogP contribution in [-0.2, 0) is 4.79 Å². The number of aliphatic hydroxyl groups excluding tert-OH is 1. The second kappa shape index (κ2) is 6.12. The van der Waals surface area contributed by atoms with Crippen molar-refractivity contribution in [1.82, 2.24) is 4.90 Å². The zero-order chi connectivity index (χ0) is 13.8. The summed E-state index contributed by atoms with van der Waals surface area (Å²) in [4.78, 5) is 13.8. The summed E-state index contributed by atoms with van der Waals surface area (Å²) in [6, 6.07) is 5.84. The number of halogens is 1. The molecule has 2 unspecified atom stereocenters. The molecule has 0 saturated carbocycles. The smallest absolute Gasteiger partial charge is 0.238 e. The van der Waals surface area contributed by atoms with Crippen LogP contribution in [0, 0.1) is 11.7 Å². The molecule has 4 nitrogen and oxygen atoms in total. The number of carbonyl (C=O) groups is 1. The number of aliphatic hydroxyl groups is 1. The van der Waals surface area contributed by atoms with Crippen LogP contribution in [0.2, 0.25) is 0 Å². The molecule has 1 aromatic rings. The van der Waals surface area contributed by atoms with Crippen LogP contribution in [0.3, 0.4) is 0 Å². The van der Waals surface area contributed by atoms with E-state index in [9.17, 15) is 14.3 Å². The number of nitrogens with one attached hydrogen (secondary N) is 1. The van der Waals surface area contributed by atoms with E-state index in [1.54, 1.807) is 19.1 Å². The lowest BCUT2D eigenvalue weighted by molar-refractivity contribution is -0.117. The van der Waals surface area contributed by atoms with E-state index < -0.39 is 0 Å². The fourth-order valence-corrected chi connectivity index (χ4v) is 2.37. The number of nitrogens with zero attached hydrogens (tertiary/aromatic N) is 1. The number of carbonyl (C=O) groups excluding carboxylic acids is 1. The molecule has 1 heterocycles. The van der Waals surface area contributed by atoms with E-state index in [0.29, 0.717) is 5.69 Å². The molecule has 19 heavy (non-hydrogen) atoms. The summed E-state index contributed by atoms with van der Waals surface area (Å²) >= 11 is 0. The van der Waals surface area contributed by atoms with E-state index in [4.69, 9.17) is 0 Å². The third-order valence-electron chi connectivity index (χ3n) is 3.47. The van der Waals surface area contributed by atoms with Gasteiger partial charge < -0.3 is 10.4 Å². The maximum Gasteiger partial charge on any atom is 0.238 e. The van der Waals surface area contributed by atoms with Crippen molar-refractivity contribution in [3.63, 3.8) is 0 Å². The Morgan fingerprint density at radius 1 is 1.63 bits per heavy atom. The highest BCUT2D eigenvalue weighted by Crippen LogP contribution is 2.19. The summed E-state index contributed by atoms with van der Waals surface area (Å²) in [5, 5.41) is 12.2. The Labute approximate surface area is 112 Å². The number of amides is 1. The molecule has 1 aliphatic rings. The van der Waals surface area contributed by atoms with Crippen LogP contribution in [0.25, 0.3) is 0 Å². The van der Waals surface area contributed by atoms with Crippen LogP contribution in [0.1, 0.15) is 13.3 Å². The van der Waals surface area contributed by atoms with Gasteiger partial charge in [-0.05, 0) is 44.0 Å². The van der Waals surface area contributed by atoms with Crippen LogP contribution in [0.4, 0.5) is 10.1 Å². The van der Waals surface area contributed by atoms with Gasteiger partial charge in [-0.15, -0.1) is 0 Å². The number of rotatable bonds is 4. The second-order valence-electron chi connectivity index (χ2n) is 5.08. The third kappa shape index (κ3) is 4.01. The van der Waals surface area contributed by atoms with Gasteiger partial charge in [-0.3, -0.25) is 9.69 Å². The van der Waals surface area contributed by atoms with Gasteiger partial charge >= 0.3 is 0 Å². The first kappa shape index (κ1) is 14.0. The predicted octanol–water partition coefficient (Wildman–Crippen LogP) is 1.47. The highest BCUT2D eigenvalue weighted by molar-refractivity contribution is 5.92. The largest absolute Gasteiger partial charge is 0.393 e. The van der Waals surface area contributed by atoms with Crippen LogP contribution in [0.15, 0.2) is 24.3 Å². The molecule has 0 bridgehead atoms. The van der Waals surface area contributed by atoms with E-state index >= 15 is 0 Å². The monoisotopic (exact) mass is 266 g/mol. The number of hydrogen-bond acceptors (Lipinski definition) is 3. The van der Waals surface area contributed by atoms with E-state index in [2.05, 4.69) is 5.32 Å². The predicted molar refractivity (Wildman–Crippen MR) is 71.3 cm³/mol. The SMILES string of the molecule is CC(O)C1CCN(CC(=O)Nc2cccc(F)c2)C1. The molecular weight excluding hydrogens is 247 g/mol. The number of likely N-dealkylation sites (tertiary alicyclic amines) is 1. The van der Waals surface area contributed by atoms with Crippen molar-refractivity contribution in [3.8, 4) is 0 Å². The lowest BCUT2D eigenvalue weighted by atomic mass is 10.0. The second-order valence-corrected chi connectivity index (χ2v) is 5.08. The Balaban J connectivity index is 1.82. The minimum atomic E-state index is -0.367. The van der Waals surface area contributed by atoms with Gasteiger partial charge in [0.2, 0.25) is 5.91 Å². The van der Waals surface area contributed by atoms with Gasteiger partial charge in [-0.1, -0.05) is 6.07 Å². The van der Waals surface area contributed by atoms with Gasteiger partial charge in [0.15, 0.2) is 0 Å². The molecule has 0 aromatic heterocycles. The Kier molecular flexibility index (Phi) is 4.50. The van der Waals surface area contributed by atoms with Crippen molar-refractivity contribution in [2.75, 3.05) is 25.0 Å². The van der Waals surface area contributed by atoms with Crippen molar-refractivity contribution < 1.29 is 14.3 Å². The van der Waals surface area contributed by atoms with Crippen LogP contribution in [-0.4, -0.2) is 41.7 Å². The summed E-state index contributed by atoms with van der Waals surface area (Å²) in [5.41, 5.74) is 0.469. The van der Waals surface area contributed by atoms with Crippen LogP contribution in [0.5, 0.6) is 0 Å². The minimum absolute atomic E-state index is 0.156. The van der Waals surface area contributed by atoms with Gasteiger partial charge in [-0.2, -0.15) is 0 Å². The average molecular weight is 266 g/mol. The standard InChI is InChI=1S/C14H19FN2O2/c1-10(18)11-5-6-17(8-11)9-14(19)16-13-4-2-3-12(15)7-13/h2-4,7,10-11,18H,5-6,8-9H2,1H3,(H,16,19). The van der Waals surface area contributed by atoms with Crippen LogP contribution < -0.4 is 5.32 Å². The summed E-state index contributed by atoms with van der Waals surface area (Å²) < 4.78 is 13.0. The molecule has 1 aromatic carbocycles. The van der Waals surface area contributed by atoms with Gasteiger partial charge in [0.05, 0.1) is 12.6 Å². The van der Waals surface area contributed by atoms with Crippen molar-refractivity contribution >= 4 is 11.6 Å². The van der Waals surface area contributed by atoms with E-state index in [0.717, 1.165) is 19.5 Å². The number of anilines is 1. The fraction of sp³-hybridized carbons (Fsp3) is 0.500. The first-order valence-electron chi connectivity index (χ1n) is 6.50. The van der Waals surface area contributed by atoms with E-state index in [1.807, 2.05) is 4.90 Å². The normalized spacial score (nSPS) is 21.3. The molecule has 1 aliphatic heterocycles. The van der Waals surface area contributed by atoms with Crippen molar-refractivity contribution in [1.29, 1.82) is 0 Å². The molecule has 0 aliphatic carbocycles. The summed E-state index contributed by atoms with van der Waals surface area (Å²) in [6.45, 7) is 3.60. The summed E-state index contributed by atoms with van der Waals surface area (Å²) in [7, 11) is 0. The molecule has 1 fully saturated rings. The lowest BCUT2D eigenvalue weighted by Gasteiger charge is -2.16. The first-order chi connectivity index (χ1) is 9.04. The molecule has 2 N–H and O–H groups in total. The molecule has 2 atom stereocenters. The number of hydrogen-bond donors (Lipinski definition) is 2. The van der Waals surface area contributed by atoms with Gasteiger partial charge in [0, 0.05) is 12.2 Å². The minimum Gasteiger partial charge on any atom is -0.393 e. The highest BCUT2D eigenvalue weighted by Gasteiger charge is 2.26. The Bertz CT molecular complexity index is 451. The van der Waals surface area contributed by atoms with Crippen LogP contribution >= 0.6 is 0 Å². The molecular formula is C14H19FN2O2. The van der Waals surface area contributed by atoms with Crippen molar-refractivity contribution in [3.05, 3.63) is 30.1 Å². The lowest BCUT2D eigenvalue weighted by Crippen LogP contribution is -2.32. The summed E-state index contributed by atoms with van der Waals surface area (Å²) in [5.74, 6) is -0.285. The Morgan fingerprint density at radius 2 is 2.42 bits per heavy atom.